The summed E-state index contributed by atoms with van der Waals surface area (Å²) >= 11 is 6.07. The van der Waals surface area contributed by atoms with E-state index in [2.05, 4.69) is 6.92 Å². The van der Waals surface area contributed by atoms with Crippen LogP contribution in [0.5, 0.6) is 0 Å². The van der Waals surface area contributed by atoms with Gasteiger partial charge in [-0.15, -0.1) is 0 Å². The highest BCUT2D eigenvalue weighted by Crippen LogP contribution is 2.40. The topological polar surface area (TPSA) is 60.9 Å². The maximum atomic E-state index is 13.0. The summed E-state index contributed by atoms with van der Waals surface area (Å²) < 4.78 is 0. The summed E-state index contributed by atoms with van der Waals surface area (Å²) in [7, 11) is 3.90. The quantitative estimate of drug-likeness (QED) is 0.292. The Morgan fingerprint density at radius 1 is 1.10 bits per heavy atom. The number of benzene rings is 2. The van der Waals surface area contributed by atoms with E-state index in [1.165, 1.54) is 0 Å². The Labute approximate surface area is 182 Å². The molecule has 5 nitrogen and oxygen atoms in total. The van der Waals surface area contributed by atoms with Gasteiger partial charge in [0.05, 0.1) is 11.6 Å². The minimum absolute atomic E-state index is 0.108. The van der Waals surface area contributed by atoms with Crippen molar-refractivity contribution in [1.82, 2.24) is 4.90 Å². The van der Waals surface area contributed by atoms with Crippen LogP contribution in [-0.4, -0.2) is 42.3 Å². The van der Waals surface area contributed by atoms with Gasteiger partial charge in [-0.2, -0.15) is 0 Å². The van der Waals surface area contributed by atoms with Crippen LogP contribution >= 0.6 is 11.6 Å². The Hall–Kier alpha value is -2.79. The number of carbonyl (C=O) groups is 2. The molecule has 1 saturated heterocycles. The maximum Gasteiger partial charge on any atom is 0.295 e. The predicted octanol–water partition coefficient (Wildman–Crippen LogP) is 5.02. The molecule has 1 atom stereocenters. The van der Waals surface area contributed by atoms with Gasteiger partial charge in [0, 0.05) is 36.9 Å². The molecule has 1 heterocycles. The van der Waals surface area contributed by atoms with Crippen LogP contribution < -0.4 is 4.90 Å². The Kier molecular flexibility index (Phi) is 6.83. The molecule has 1 N–H and O–H groups in total. The lowest BCUT2D eigenvalue weighted by Crippen LogP contribution is -2.30. The van der Waals surface area contributed by atoms with E-state index in [0.29, 0.717) is 17.1 Å². The number of halogens is 1. The largest absolute Gasteiger partial charge is 0.507 e. The predicted molar refractivity (Wildman–Crippen MR) is 121 cm³/mol. The van der Waals surface area contributed by atoms with Gasteiger partial charge in [-0.1, -0.05) is 55.6 Å². The number of nitrogens with zero attached hydrogens (tertiary/aromatic N) is 2. The van der Waals surface area contributed by atoms with E-state index in [1.54, 1.807) is 29.2 Å². The molecule has 1 aliphatic heterocycles. The maximum absolute atomic E-state index is 13.0. The van der Waals surface area contributed by atoms with Gasteiger partial charge in [-0.3, -0.25) is 9.59 Å². The summed E-state index contributed by atoms with van der Waals surface area (Å²) in [6, 6.07) is 13.7. The van der Waals surface area contributed by atoms with Crippen molar-refractivity contribution < 1.29 is 14.7 Å². The number of aliphatic hydroxyl groups excluding tert-OH is 1. The van der Waals surface area contributed by atoms with Crippen molar-refractivity contribution in [1.29, 1.82) is 0 Å². The minimum Gasteiger partial charge on any atom is -0.507 e. The molecule has 6 heteroatoms. The molecule has 2 aromatic carbocycles. The lowest BCUT2D eigenvalue weighted by molar-refractivity contribution is -0.139. The molecule has 1 amide bonds. The van der Waals surface area contributed by atoms with E-state index in [9.17, 15) is 14.7 Å². The molecule has 0 bridgehead atoms. The molecule has 0 aromatic heterocycles. The van der Waals surface area contributed by atoms with Gasteiger partial charge in [-0.05, 0) is 36.2 Å². The second-order valence-electron chi connectivity index (χ2n) is 7.70. The normalized spacial score (nSPS) is 18.1. The van der Waals surface area contributed by atoms with Crippen molar-refractivity contribution in [2.24, 2.45) is 0 Å². The number of hydrogen-bond donors (Lipinski definition) is 1. The van der Waals surface area contributed by atoms with Gasteiger partial charge in [-0.25, -0.2) is 0 Å². The number of amides is 1. The van der Waals surface area contributed by atoms with E-state index in [0.717, 1.165) is 30.5 Å². The average molecular weight is 427 g/mol. The van der Waals surface area contributed by atoms with Crippen LogP contribution in [0.25, 0.3) is 5.76 Å². The lowest BCUT2D eigenvalue weighted by Gasteiger charge is -2.26. The molecular formula is C24H27ClN2O3. The zero-order chi connectivity index (χ0) is 21.8. The second kappa shape index (κ2) is 9.35. The fraction of sp³-hybridized carbons (Fsp3) is 0.333. The van der Waals surface area contributed by atoms with Gasteiger partial charge in [0.25, 0.3) is 11.7 Å². The summed E-state index contributed by atoms with van der Waals surface area (Å²) in [5.41, 5.74) is 2.33. The van der Waals surface area contributed by atoms with E-state index < -0.39 is 17.7 Å². The van der Waals surface area contributed by atoms with Crippen molar-refractivity contribution in [3.8, 4) is 0 Å². The highest BCUT2D eigenvalue weighted by atomic mass is 35.5. The fourth-order valence-electron chi connectivity index (χ4n) is 3.74. The molecular weight excluding hydrogens is 400 g/mol. The van der Waals surface area contributed by atoms with E-state index in [4.69, 9.17) is 11.6 Å². The standard InChI is InChI=1S/C24H27ClN2O3/c1-4-5-6-14-27-21(16-10-12-19(13-11-16)26(2)3)20(23(29)24(27)30)22(28)17-8-7-9-18(25)15-17/h7-13,15,21,28H,4-6,14H2,1-3H3/b22-20-. The van der Waals surface area contributed by atoms with Gasteiger partial charge in [0.2, 0.25) is 0 Å². The van der Waals surface area contributed by atoms with Crippen LogP contribution in [0.3, 0.4) is 0 Å². The van der Waals surface area contributed by atoms with Crippen LogP contribution in [0.15, 0.2) is 54.1 Å². The number of rotatable bonds is 7. The van der Waals surface area contributed by atoms with Crippen molar-refractivity contribution in [2.45, 2.75) is 32.2 Å². The van der Waals surface area contributed by atoms with Gasteiger partial charge in [0.1, 0.15) is 5.76 Å². The summed E-state index contributed by atoms with van der Waals surface area (Å²) in [6.07, 6.45) is 2.77. The molecule has 1 aliphatic rings. The van der Waals surface area contributed by atoms with Crippen molar-refractivity contribution >= 4 is 34.7 Å². The Bertz CT molecular complexity index is 967. The van der Waals surface area contributed by atoms with Crippen molar-refractivity contribution in [3.05, 3.63) is 70.3 Å². The summed E-state index contributed by atoms with van der Waals surface area (Å²) in [4.78, 5) is 29.4. The van der Waals surface area contributed by atoms with Crippen LogP contribution in [0, 0.1) is 0 Å². The van der Waals surface area contributed by atoms with E-state index in [-0.39, 0.29) is 11.3 Å². The highest BCUT2D eigenvalue weighted by Gasteiger charge is 2.45. The van der Waals surface area contributed by atoms with Gasteiger partial charge >= 0.3 is 0 Å². The van der Waals surface area contributed by atoms with Crippen LogP contribution in [0.4, 0.5) is 5.69 Å². The SMILES string of the molecule is CCCCCN1C(=O)C(=O)/C(=C(\O)c2cccc(Cl)c2)C1c1ccc(N(C)C)cc1. The first kappa shape index (κ1) is 21.9. The zero-order valence-electron chi connectivity index (χ0n) is 17.6. The van der Waals surface area contributed by atoms with Gasteiger partial charge < -0.3 is 14.9 Å². The van der Waals surface area contributed by atoms with E-state index >= 15 is 0 Å². The third kappa shape index (κ3) is 4.36. The first-order valence-electron chi connectivity index (χ1n) is 10.2. The Morgan fingerprint density at radius 3 is 2.40 bits per heavy atom. The number of likely N-dealkylation sites (tertiary alicyclic amines) is 1. The first-order valence-corrected chi connectivity index (χ1v) is 10.5. The average Bonchev–Trinajstić information content (AvgIpc) is 2.98. The third-order valence-electron chi connectivity index (χ3n) is 5.37. The second-order valence-corrected chi connectivity index (χ2v) is 8.13. The molecule has 0 spiro atoms. The van der Waals surface area contributed by atoms with Crippen LogP contribution in [0.1, 0.15) is 43.4 Å². The number of ketones is 1. The Morgan fingerprint density at radius 2 is 1.80 bits per heavy atom. The minimum atomic E-state index is -0.661. The summed E-state index contributed by atoms with van der Waals surface area (Å²) in [5, 5.41) is 11.5. The number of unbranched alkanes of at least 4 members (excludes halogenated alkanes) is 2. The number of aliphatic hydroxyl groups is 1. The molecule has 2 aromatic rings. The van der Waals surface area contributed by atoms with Gasteiger partial charge in [0.15, 0.2) is 0 Å². The Balaban J connectivity index is 2.11. The van der Waals surface area contributed by atoms with E-state index in [1.807, 2.05) is 43.3 Å². The van der Waals surface area contributed by atoms with Crippen molar-refractivity contribution in [3.63, 3.8) is 0 Å². The van der Waals surface area contributed by atoms with Crippen molar-refractivity contribution in [2.75, 3.05) is 25.5 Å². The molecule has 3 rings (SSSR count). The molecule has 1 unspecified atom stereocenters. The highest BCUT2D eigenvalue weighted by molar-refractivity contribution is 6.46. The number of hydrogen-bond acceptors (Lipinski definition) is 4. The third-order valence-corrected chi connectivity index (χ3v) is 5.60. The monoisotopic (exact) mass is 426 g/mol. The number of anilines is 1. The summed E-state index contributed by atoms with van der Waals surface area (Å²) in [5.74, 6) is -1.43. The van der Waals surface area contributed by atoms with Crippen LogP contribution in [0.2, 0.25) is 5.02 Å². The fourth-order valence-corrected chi connectivity index (χ4v) is 3.93. The first-order chi connectivity index (χ1) is 14.3. The molecule has 0 radical (unpaired) electrons. The molecule has 0 aliphatic carbocycles. The molecule has 0 saturated carbocycles. The lowest BCUT2D eigenvalue weighted by atomic mass is 9.95. The zero-order valence-corrected chi connectivity index (χ0v) is 18.3. The number of carbonyl (C=O) groups excluding carboxylic acids is 2. The van der Waals surface area contributed by atoms with Crippen LogP contribution in [-0.2, 0) is 9.59 Å². The summed E-state index contributed by atoms with van der Waals surface area (Å²) in [6.45, 7) is 2.55. The molecule has 158 valence electrons. The smallest absolute Gasteiger partial charge is 0.295 e. The molecule has 30 heavy (non-hydrogen) atoms. The number of Topliss-reactive ketones (excluding diaryl/α,β-unsaturated/α-hetero) is 1. The molecule has 1 fully saturated rings.